The summed E-state index contributed by atoms with van der Waals surface area (Å²) >= 11 is 0. The maximum atomic E-state index is 12.4. The lowest BCUT2D eigenvalue weighted by atomic mass is 9.86. The van der Waals surface area contributed by atoms with E-state index in [1.165, 1.54) is 6.42 Å². The summed E-state index contributed by atoms with van der Waals surface area (Å²) in [7, 11) is 0. The minimum Gasteiger partial charge on any atom is -0.461 e. The summed E-state index contributed by atoms with van der Waals surface area (Å²) in [5, 5.41) is 2.52. The highest BCUT2D eigenvalue weighted by Crippen LogP contribution is 2.32. The standard InChI is InChI=1S/C21H35NO5/c1-5-7-9-10-12-17-18(27-20(17)24)13-16(11-8-6-2)26-21(25)19(15(3)4)22-14-23/h6,14-19H,2,5,7-13H2,1,3-4H3,(H,22,23)/t16?,17-,18-,19-/m0/s1. The van der Waals surface area contributed by atoms with Crippen molar-refractivity contribution in [3.05, 3.63) is 12.7 Å². The van der Waals surface area contributed by atoms with Gasteiger partial charge in [-0.3, -0.25) is 9.59 Å². The van der Waals surface area contributed by atoms with Gasteiger partial charge in [0.05, 0.1) is 5.92 Å². The zero-order chi connectivity index (χ0) is 20.2. The van der Waals surface area contributed by atoms with Gasteiger partial charge in [0, 0.05) is 6.42 Å². The molecule has 0 saturated carbocycles. The van der Waals surface area contributed by atoms with Gasteiger partial charge in [-0.15, -0.1) is 6.58 Å². The number of carbonyl (C=O) groups excluding carboxylic acids is 3. The molecule has 1 amide bonds. The summed E-state index contributed by atoms with van der Waals surface area (Å²) < 4.78 is 11.0. The van der Waals surface area contributed by atoms with Crippen LogP contribution in [0.4, 0.5) is 0 Å². The number of ether oxygens (including phenoxy) is 2. The van der Waals surface area contributed by atoms with Gasteiger partial charge in [0.15, 0.2) is 0 Å². The molecule has 0 aromatic carbocycles. The Bertz CT molecular complexity index is 491. The first-order valence-electron chi connectivity index (χ1n) is 10.2. The van der Waals surface area contributed by atoms with E-state index in [9.17, 15) is 14.4 Å². The van der Waals surface area contributed by atoms with Crippen molar-refractivity contribution in [3.63, 3.8) is 0 Å². The van der Waals surface area contributed by atoms with E-state index in [4.69, 9.17) is 9.47 Å². The Kier molecular flexibility index (Phi) is 10.8. The fourth-order valence-corrected chi connectivity index (χ4v) is 3.34. The number of amides is 1. The number of carbonyl (C=O) groups is 3. The van der Waals surface area contributed by atoms with E-state index >= 15 is 0 Å². The molecule has 1 rings (SSSR count). The van der Waals surface area contributed by atoms with E-state index in [2.05, 4.69) is 18.8 Å². The van der Waals surface area contributed by atoms with Gasteiger partial charge in [0.2, 0.25) is 6.41 Å². The van der Waals surface area contributed by atoms with Crippen molar-refractivity contribution in [3.8, 4) is 0 Å². The molecule has 0 bridgehead atoms. The third-order valence-corrected chi connectivity index (χ3v) is 5.03. The largest absolute Gasteiger partial charge is 0.461 e. The number of cyclic esters (lactones) is 1. The van der Waals surface area contributed by atoms with Gasteiger partial charge in [0.25, 0.3) is 0 Å². The molecule has 1 N–H and O–H groups in total. The Hall–Kier alpha value is -1.85. The smallest absolute Gasteiger partial charge is 0.329 e. The highest BCUT2D eigenvalue weighted by Gasteiger charge is 2.43. The summed E-state index contributed by atoms with van der Waals surface area (Å²) in [6, 6.07) is -0.678. The van der Waals surface area contributed by atoms with E-state index in [0.29, 0.717) is 25.7 Å². The second kappa shape index (κ2) is 12.5. The Morgan fingerprint density at radius 3 is 2.63 bits per heavy atom. The summed E-state index contributed by atoms with van der Waals surface area (Å²) in [5.74, 6) is -0.763. The average Bonchev–Trinajstić information content (AvgIpc) is 2.62. The SMILES string of the molecule is C=CCCC(C[C@@H]1OC(=O)[C@H]1CCCCCC)OC(=O)[C@@H](NC=O)C(C)C. The van der Waals surface area contributed by atoms with E-state index in [1.54, 1.807) is 6.08 Å². The molecule has 1 unspecified atom stereocenters. The van der Waals surface area contributed by atoms with E-state index in [1.807, 2.05) is 13.8 Å². The minimum atomic E-state index is -0.678. The van der Waals surface area contributed by atoms with Crippen LogP contribution in [-0.4, -0.2) is 36.6 Å². The van der Waals surface area contributed by atoms with Crippen molar-refractivity contribution in [2.45, 2.75) is 90.4 Å². The van der Waals surface area contributed by atoms with Crippen molar-refractivity contribution in [2.75, 3.05) is 0 Å². The number of rotatable bonds is 15. The molecule has 27 heavy (non-hydrogen) atoms. The van der Waals surface area contributed by atoms with Crippen molar-refractivity contribution in [2.24, 2.45) is 11.8 Å². The van der Waals surface area contributed by atoms with Crippen LogP contribution in [0.3, 0.4) is 0 Å². The Morgan fingerprint density at radius 2 is 2.07 bits per heavy atom. The van der Waals surface area contributed by atoms with Gasteiger partial charge in [0.1, 0.15) is 18.2 Å². The lowest BCUT2D eigenvalue weighted by Gasteiger charge is -2.37. The molecule has 4 atom stereocenters. The maximum Gasteiger partial charge on any atom is 0.329 e. The van der Waals surface area contributed by atoms with Crippen LogP contribution in [0.15, 0.2) is 12.7 Å². The molecule has 0 aromatic rings. The van der Waals surface area contributed by atoms with Crippen LogP contribution in [0, 0.1) is 11.8 Å². The highest BCUT2D eigenvalue weighted by molar-refractivity contribution is 5.79. The molecule has 0 radical (unpaired) electrons. The fraction of sp³-hybridized carbons (Fsp3) is 0.762. The summed E-state index contributed by atoms with van der Waals surface area (Å²) in [4.78, 5) is 35.0. The van der Waals surface area contributed by atoms with Crippen molar-refractivity contribution in [1.82, 2.24) is 5.32 Å². The number of hydrogen-bond acceptors (Lipinski definition) is 5. The van der Waals surface area contributed by atoms with Crippen LogP contribution >= 0.6 is 0 Å². The molecule has 6 heteroatoms. The average molecular weight is 382 g/mol. The molecular weight excluding hydrogens is 346 g/mol. The van der Waals surface area contributed by atoms with Crippen molar-refractivity contribution >= 4 is 18.3 Å². The molecule has 0 spiro atoms. The molecule has 6 nitrogen and oxygen atoms in total. The number of esters is 2. The molecule has 1 fully saturated rings. The second-order valence-corrected chi connectivity index (χ2v) is 7.60. The zero-order valence-electron chi connectivity index (χ0n) is 16.9. The first-order chi connectivity index (χ1) is 12.9. The van der Waals surface area contributed by atoms with Crippen LogP contribution in [0.1, 0.15) is 72.1 Å². The van der Waals surface area contributed by atoms with Gasteiger partial charge in [-0.2, -0.15) is 0 Å². The maximum absolute atomic E-state index is 12.4. The van der Waals surface area contributed by atoms with Gasteiger partial charge in [-0.25, -0.2) is 4.79 Å². The Morgan fingerprint density at radius 1 is 1.33 bits per heavy atom. The van der Waals surface area contributed by atoms with Gasteiger partial charge in [-0.1, -0.05) is 52.5 Å². The molecule has 154 valence electrons. The Balaban J connectivity index is 2.62. The van der Waals surface area contributed by atoms with Crippen LogP contribution in [0.5, 0.6) is 0 Å². The zero-order valence-corrected chi connectivity index (χ0v) is 16.9. The monoisotopic (exact) mass is 381 g/mol. The fourth-order valence-electron chi connectivity index (χ4n) is 3.34. The first-order valence-corrected chi connectivity index (χ1v) is 10.2. The van der Waals surface area contributed by atoms with E-state index in [0.717, 1.165) is 25.7 Å². The third kappa shape index (κ3) is 7.73. The van der Waals surface area contributed by atoms with Gasteiger partial charge < -0.3 is 14.8 Å². The number of unbranched alkanes of at least 4 members (excludes halogenated alkanes) is 3. The highest BCUT2D eigenvalue weighted by atomic mass is 16.6. The number of allylic oxidation sites excluding steroid dienone is 1. The quantitative estimate of drug-likeness (QED) is 0.203. The summed E-state index contributed by atoms with van der Waals surface area (Å²) in [5.41, 5.74) is 0. The molecule has 0 aromatic heterocycles. The minimum absolute atomic E-state index is 0.0735. The predicted molar refractivity (Wildman–Crippen MR) is 104 cm³/mol. The topological polar surface area (TPSA) is 81.7 Å². The van der Waals surface area contributed by atoms with Gasteiger partial charge >= 0.3 is 11.9 Å². The summed E-state index contributed by atoms with van der Waals surface area (Å²) in [6.45, 7) is 9.57. The predicted octanol–water partition coefficient (Wildman–Crippen LogP) is 3.54. The van der Waals surface area contributed by atoms with Crippen LogP contribution < -0.4 is 5.32 Å². The lowest BCUT2D eigenvalue weighted by molar-refractivity contribution is -0.190. The van der Waals surface area contributed by atoms with E-state index in [-0.39, 0.29) is 30.0 Å². The summed E-state index contributed by atoms with van der Waals surface area (Å²) in [6.07, 6.45) is 8.85. The first kappa shape index (κ1) is 23.2. The van der Waals surface area contributed by atoms with Crippen molar-refractivity contribution in [1.29, 1.82) is 0 Å². The van der Waals surface area contributed by atoms with E-state index < -0.39 is 12.0 Å². The van der Waals surface area contributed by atoms with Gasteiger partial charge in [-0.05, 0) is 25.2 Å². The second-order valence-electron chi connectivity index (χ2n) is 7.60. The molecule has 1 aliphatic heterocycles. The number of nitrogens with one attached hydrogen (secondary N) is 1. The third-order valence-electron chi connectivity index (χ3n) is 5.03. The molecule has 1 aliphatic rings. The number of hydrogen-bond donors (Lipinski definition) is 1. The van der Waals surface area contributed by atoms with Crippen LogP contribution in [-0.2, 0) is 23.9 Å². The molecule has 0 aliphatic carbocycles. The van der Waals surface area contributed by atoms with Crippen LogP contribution in [0.25, 0.3) is 0 Å². The molecular formula is C21H35NO5. The lowest BCUT2D eigenvalue weighted by Crippen LogP contribution is -2.48. The molecule has 1 saturated heterocycles. The normalized spacial score (nSPS) is 21.0. The Labute approximate surface area is 163 Å². The molecule has 1 heterocycles. The van der Waals surface area contributed by atoms with Crippen molar-refractivity contribution < 1.29 is 23.9 Å². The van der Waals surface area contributed by atoms with Crippen LogP contribution in [0.2, 0.25) is 0 Å².